The van der Waals surface area contributed by atoms with Gasteiger partial charge in [-0.15, -0.1) is 0 Å². The minimum atomic E-state index is 0.500. The lowest BCUT2D eigenvalue weighted by atomic mass is 9.86. The first kappa shape index (κ1) is 95.7. The summed E-state index contributed by atoms with van der Waals surface area (Å²) in [5, 5.41) is 0. The van der Waals surface area contributed by atoms with Gasteiger partial charge in [-0.05, 0) is 64.1 Å². The summed E-state index contributed by atoms with van der Waals surface area (Å²) in [7, 11) is 0. The largest absolute Gasteiger partial charge is 0.0683 e. The Hall–Kier alpha value is 0. The number of hydrogen-bond acceptors (Lipinski definition) is 0. The Morgan fingerprint density at radius 1 is 0.400 bits per heavy atom. The van der Waals surface area contributed by atoms with E-state index < -0.39 is 0 Å². The molecule has 0 saturated heterocycles. The van der Waals surface area contributed by atoms with E-state index in [-0.39, 0.29) is 0 Å². The van der Waals surface area contributed by atoms with Crippen LogP contribution >= 0.6 is 0 Å². The quantitative estimate of drug-likeness (QED) is 0.227. The van der Waals surface area contributed by atoms with Gasteiger partial charge in [0.15, 0.2) is 0 Å². The Morgan fingerprint density at radius 3 is 0.686 bits per heavy atom. The van der Waals surface area contributed by atoms with Crippen LogP contribution in [0.3, 0.4) is 0 Å². The first-order valence-electron chi connectivity index (χ1n) is 32.3. The first-order valence-corrected chi connectivity index (χ1v) is 32.3. The van der Waals surface area contributed by atoms with E-state index in [4.69, 9.17) is 0 Å². The van der Waals surface area contributed by atoms with Crippen molar-refractivity contribution in [1.29, 1.82) is 0 Å². The molecule has 0 atom stereocenters. The zero-order valence-corrected chi connectivity index (χ0v) is 58.3. The van der Waals surface area contributed by atoms with Crippen LogP contribution in [-0.2, 0) is 0 Å². The molecule has 0 amide bonds. The number of rotatable bonds is 8. The molecular formula is C70H162. The topological polar surface area (TPSA) is 0 Å². The van der Waals surface area contributed by atoms with Crippen LogP contribution in [-0.4, -0.2) is 0 Å². The maximum Gasteiger partial charge on any atom is -0.0328 e. The fourth-order valence-electron chi connectivity index (χ4n) is 4.95. The summed E-state index contributed by atoms with van der Waals surface area (Å²) in [4.78, 5) is 0. The molecule has 0 heterocycles. The van der Waals surface area contributed by atoms with Crippen LogP contribution in [0, 0.1) is 51.2 Å². The van der Waals surface area contributed by atoms with Crippen molar-refractivity contribution in [3.05, 3.63) is 0 Å². The average molecular weight is 1000 g/mol. The minimum absolute atomic E-state index is 0.500. The Kier molecular flexibility index (Phi) is 103. The lowest BCUT2D eigenvalue weighted by Crippen LogP contribution is -2.07. The molecule has 0 radical (unpaired) electrons. The lowest BCUT2D eigenvalue weighted by Gasteiger charge is -2.19. The predicted octanol–water partition coefficient (Wildman–Crippen LogP) is 28.7. The van der Waals surface area contributed by atoms with Crippen molar-refractivity contribution in [1.82, 2.24) is 0 Å². The van der Waals surface area contributed by atoms with Crippen molar-refractivity contribution in [3.63, 3.8) is 0 Å². The van der Waals surface area contributed by atoms with Gasteiger partial charge in [-0.1, -0.05) is 396 Å². The molecule has 70 heavy (non-hydrogen) atoms. The van der Waals surface area contributed by atoms with E-state index in [1.165, 1.54) is 167 Å². The highest BCUT2D eigenvalue weighted by molar-refractivity contribution is 4.78. The fourth-order valence-corrected chi connectivity index (χ4v) is 4.95. The Labute approximate surface area is 458 Å². The van der Waals surface area contributed by atoms with Gasteiger partial charge >= 0.3 is 0 Å². The minimum Gasteiger partial charge on any atom is -0.0683 e. The Morgan fingerprint density at radius 2 is 0.600 bits per heavy atom. The van der Waals surface area contributed by atoms with Crippen LogP contribution < -0.4 is 0 Å². The molecule has 0 aromatic rings. The van der Waals surface area contributed by atoms with Gasteiger partial charge < -0.3 is 0 Å². The van der Waals surface area contributed by atoms with Gasteiger partial charge in [0.05, 0.1) is 0 Å². The zero-order valence-electron chi connectivity index (χ0n) is 58.3. The zero-order chi connectivity index (χ0) is 58.3. The van der Waals surface area contributed by atoms with E-state index in [9.17, 15) is 0 Å². The van der Waals surface area contributed by atoms with Crippen LogP contribution in [0.15, 0.2) is 0 Å². The highest BCUT2D eigenvalue weighted by Gasteiger charge is 2.25. The molecule has 442 valence electrons. The molecule has 0 heteroatoms. The summed E-state index contributed by atoms with van der Waals surface area (Å²) in [6, 6.07) is 0. The maximum absolute atomic E-state index is 2.42. The average Bonchev–Trinajstić information content (AvgIpc) is 4.02. The third-order valence-electron chi connectivity index (χ3n) is 12.0. The monoisotopic (exact) mass is 1000 g/mol. The molecule has 3 saturated carbocycles. The van der Waals surface area contributed by atoms with Crippen LogP contribution in [0.25, 0.3) is 0 Å². The molecule has 3 aliphatic rings. The second-order valence-corrected chi connectivity index (χ2v) is 26.1. The van der Waals surface area contributed by atoms with Crippen LogP contribution in [0.5, 0.6) is 0 Å². The molecular weight excluding hydrogens is 841 g/mol. The molecule has 0 spiro atoms. The molecule has 3 rings (SSSR count). The van der Waals surface area contributed by atoms with Gasteiger partial charge in [0, 0.05) is 0 Å². The molecule has 0 bridgehead atoms. The van der Waals surface area contributed by atoms with E-state index in [0.717, 1.165) is 35.0 Å². The molecule has 0 unspecified atom stereocenters. The van der Waals surface area contributed by atoms with Crippen LogP contribution in [0.4, 0.5) is 0 Å². The van der Waals surface area contributed by atoms with Gasteiger partial charge in [-0.3, -0.25) is 0 Å². The van der Waals surface area contributed by atoms with E-state index in [0.29, 0.717) is 16.2 Å². The van der Waals surface area contributed by atoms with Crippen molar-refractivity contribution < 1.29 is 0 Å². The van der Waals surface area contributed by atoms with Crippen molar-refractivity contribution in [2.45, 2.75) is 409 Å². The smallest absolute Gasteiger partial charge is 0.0328 e. The number of unbranched alkanes of at least 4 members (excludes halogenated alkanes) is 3. The molecule has 0 aromatic heterocycles. The SMILES string of the molecule is CC.CC.CC(C)(C)C.CC(C)C.CCC.CCC(C)(C)C.CCC(C)(C)C.CCC(C)C.CCC(C)C.CCC1(C)CCCC1.CCC1CCCC1.CCC1CCCCC1.CCCC.CCCCC. The van der Waals surface area contributed by atoms with E-state index in [1.807, 2.05) is 27.7 Å². The molecule has 0 nitrogen and oxygen atoms in total. The molecule has 0 N–H and O–H groups in total. The van der Waals surface area contributed by atoms with Crippen molar-refractivity contribution in [3.8, 4) is 0 Å². The van der Waals surface area contributed by atoms with E-state index >= 15 is 0 Å². The maximum atomic E-state index is 2.42. The summed E-state index contributed by atoms with van der Waals surface area (Å²) in [6.07, 6.45) is 36.8. The molecule has 0 aliphatic heterocycles. The Balaban J connectivity index is -0.0000000604. The van der Waals surface area contributed by atoms with Gasteiger partial charge in [0.25, 0.3) is 0 Å². The normalized spacial score (nSPS) is 14.3. The first-order chi connectivity index (χ1) is 32.3. The summed E-state index contributed by atoms with van der Waals surface area (Å²) >= 11 is 0. The van der Waals surface area contributed by atoms with Crippen molar-refractivity contribution >= 4 is 0 Å². The molecule has 3 aliphatic carbocycles. The van der Waals surface area contributed by atoms with Crippen LogP contribution in [0.1, 0.15) is 409 Å². The third-order valence-corrected chi connectivity index (χ3v) is 12.0. The van der Waals surface area contributed by atoms with Crippen LogP contribution in [0.2, 0.25) is 0 Å². The fraction of sp³-hybridized carbons (Fsp3) is 1.00. The third kappa shape index (κ3) is 158. The van der Waals surface area contributed by atoms with Gasteiger partial charge in [-0.25, -0.2) is 0 Å². The van der Waals surface area contributed by atoms with E-state index in [2.05, 4.69) is 215 Å². The second-order valence-electron chi connectivity index (χ2n) is 26.1. The summed E-state index contributed by atoms with van der Waals surface area (Å²) in [5.41, 5.74) is 2.32. The highest BCUT2D eigenvalue weighted by Crippen LogP contribution is 2.39. The van der Waals surface area contributed by atoms with Crippen molar-refractivity contribution in [2.24, 2.45) is 51.2 Å². The highest BCUT2D eigenvalue weighted by atomic mass is 14.3. The summed E-state index contributed by atoms with van der Waals surface area (Å²) in [5.74, 6) is 4.79. The van der Waals surface area contributed by atoms with Gasteiger partial charge in [0.1, 0.15) is 0 Å². The van der Waals surface area contributed by atoms with E-state index in [1.54, 1.807) is 0 Å². The second kappa shape index (κ2) is 75.5. The molecule has 3 fully saturated rings. The predicted molar refractivity (Wildman–Crippen MR) is 346 cm³/mol. The lowest BCUT2D eigenvalue weighted by molar-refractivity contribution is 0.323. The number of hydrogen-bond donors (Lipinski definition) is 0. The summed E-state index contributed by atoms with van der Waals surface area (Å²) < 4.78 is 0. The van der Waals surface area contributed by atoms with Gasteiger partial charge in [0.2, 0.25) is 0 Å². The summed E-state index contributed by atoms with van der Waals surface area (Å²) in [6.45, 7) is 76.8. The standard InChI is InChI=1S/2C8H16.C7H14.2C6H14.4C5H12.2C4H10.C3H8.2C2H6/c1-3-8(2)6-4-5-7-8;1-2-8-6-4-3-5-7-8;1-2-7-5-3-4-6-7;2*1-5-6(2,3)4;1-5(2,3)4;2*1-4-5(2)3;1-3-5-4-2;1-4(2)3;1-3-4-2;1-3-2;2*1-2/h3-7H2,1-2H3;8H,2-7H2,1H3;7H,2-6H2,1H3;2*5H2,1-4H3;1-4H3;2*5H,4H2,1-3H3;3-5H2,1-2H3;4H,1-3H3;3-4H2,1-2H3;3H2,1-2H3;2*1-2H3. The molecule has 0 aromatic carbocycles. The Bertz CT molecular complexity index is 694. The van der Waals surface area contributed by atoms with Crippen molar-refractivity contribution in [2.75, 3.05) is 0 Å². The van der Waals surface area contributed by atoms with Gasteiger partial charge in [-0.2, -0.15) is 0 Å².